The van der Waals surface area contributed by atoms with E-state index in [4.69, 9.17) is 4.74 Å². The molecule has 0 atom stereocenters. The van der Waals surface area contributed by atoms with Gasteiger partial charge < -0.3 is 24.3 Å². The average molecular weight is 1060 g/mol. The smallest absolute Gasteiger partial charge is 0.275 e. The van der Waals surface area contributed by atoms with Crippen LogP contribution in [-0.4, -0.2) is 125 Å². The molecule has 0 radical (unpaired) electrons. The summed E-state index contributed by atoms with van der Waals surface area (Å²) in [5.74, 6) is 2.66. The first kappa shape index (κ1) is 72.3. The van der Waals surface area contributed by atoms with Crippen molar-refractivity contribution in [3.63, 3.8) is 0 Å². The summed E-state index contributed by atoms with van der Waals surface area (Å²) in [7, 11) is 10.6. The van der Waals surface area contributed by atoms with E-state index in [0.29, 0.717) is 30.5 Å². The molecule has 1 heterocycles. The summed E-state index contributed by atoms with van der Waals surface area (Å²) >= 11 is 0. The maximum atomic E-state index is 11.7. The molecule has 0 unspecified atom stereocenters. The minimum absolute atomic E-state index is 0.0238. The number of hydrogen-bond donors (Lipinski definition) is 3. The third kappa shape index (κ3) is 53.2. The van der Waals surface area contributed by atoms with Crippen molar-refractivity contribution in [2.75, 3.05) is 94.2 Å². The number of quaternary nitrogens is 2. The fourth-order valence-electron chi connectivity index (χ4n) is 9.93. The van der Waals surface area contributed by atoms with Gasteiger partial charge in [0.2, 0.25) is 11.7 Å². The van der Waals surface area contributed by atoms with E-state index >= 15 is 0 Å². The Morgan fingerprint density at radius 3 is 1.35 bits per heavy atom. The number of carbonyl (C=O) groups is 2. The molecule has 1 aliphatic rings. The summed E-state index contributed by atoms with van der Waals surface area (Å²) in [5, 5.41) is 9.35. The zero-order chi connectivity index (χ0) is 55.2. The highest BCUT2D eigenvalue weighted by atomic mass is 16.5. The molecule has 9 heteroatoms. The number of amides is 2. The Morgan fingerprint density at radius 1 is 0.493 bits per heavy atom. The third-order valence-electron chi connectivity index (χ3n) is 14.9. The first-order valence-electron chi connectivity index (χ1n) is 32.6. The van der Waals surface area contributed by atoms with Crippen molar-refractivity contribution in [3.8, 4) is 5.75 Å². The van der Waals surface area contributed by atoms with Crippen LogP contribution >= 0.6 is 0 Å². The van der Waals surface area contributed by atoms with Crippen molar-refractivity contribution >= 4 is 17.6 Å². The number of unbranched alkanes of at least 4 members (excludes halogenated alkanes) is 33. The molecule has 3 N–H and O–H groups in total. The Bertz CT molecular complexity index is 1380. The van der Waals surface area contributed by atoms with Gasteiger partial charge in [0.25, 0.3) is 5.91 Å². The fraction of sp³-hybridized carbons (Fsp3) is 0.864. The van der Waals surface area contributed by atoms with Gasteiger partial charge in [-0.1, -0.05) is 245 Å². The largest absolute Gasteiger partial charge is 0.488 e. The van der Waals surface area contributed by atoms with Crippen LogP contribution in [0.25, 0.3) is 0 Å². The Morgan fingerprint density at radius 2 is 0.893 bits per heavy atom. The predicted octanol–water partition coefficient (Wildman–Crippen LogP) is 16.4. The molecular formula is C66H131N6O3+3. The van der Waals surface area contributed by atoms with Crippen LogP contribution in [0.5, 0.6) is 5.75 Å². The van der Waals surface area contributed by atoms with E-state index in [9.17, 15) is 9.59 Å². The highest BCUT2D eigenvalue weighted by Crippen LogP contribution is 2.15. The second kappa shape index (κ2) is 53.4. The van der Waals surface area contributed by atoms with Crippen molar-refractivity contribution in [2.45, 2.75) is 278 Å². The number of nitrogens with one attached hydrogen (secondary N) is 3. The Labute approximate surface area is 467 Å². The molecule has 0 fully saturated rings. The van der Waals surface area contributed by atoms with E-state index in [0.717, 1.165) is 36.2 Å². The second-order valence-corrected chi connectivity index (χ2v) is 24.2. The van der Waals surface area contributed by atoms with E-state index in [-0.39, 0.29) is 11.8 Å². The molecule has 0 saturated heterocycles. The van der Waals surface area contributed by atoms with Gasteiger partial charge in [-0.05, 0) is 50.7 Å². The lowest BCUT2D eigenvalue weighted by Crippen LogP contribution is -2.45. The maximum absolute atomic E-state index is 11.7. The first-order valence-corrected chi connectivity index (χ1v) is 32.6. The first-order chi connectivity index (χ1) is 36.4. The van der Waals surface area contributed by atoms with Crippen molar-refractivity contribution in [3.05, 3.63) is 30.3 Å². The number of para-hydroxylation sites is 1. The van der Waals surface area contributed by atoms with Gasteiger partial charge in [0, 0.05) is 25.9 Å². The number of likely N-dealkylation sites (N-methyl/N-ethyl adjacent to an activating group) is 2. The van der Waals surface area contributed by atoms with Gasteiger partial charge in [0.1, 0.15) is 32.0 Å². The third-order valence-corrected chi connectivity index (χ3v) is 14.9. The Balaban J connectivity index is 0.00000110. The fourth-order valence-corrected chi connectivity index (χ4v) is 9.93. The maximum Gasteiger partial charge on any atom is 0.275 e. The van der Waals surface area contributed by atoms with Crippen LogP contribution in [-0.2, 0) is 9.59 Å². The number of carbonyl (C=O) groups excluding carboxylic acids is 2. The van der Waals surface area contributed by atoms with Crippen molar-refractivity contribution in [2.24, 2.45) is 0 Å². The van der Waals surface area contributed by atoms with E-state index in [1.165, 1.54) is 257 Å². The van der Waals surface area contributed by atoms with Gasteiger partial charge in [-0.2, -0.15) is 0 Å². The van der Waals surface area contributed by atoms with E-state index in [2.05, 4.69) is 62.3 Å². The standard InChI is InChI=1S/C25H50N2.C22H40NO.C19H39N3O2/c1-3-5-7-9-11-13-15-17-19-21-25-26-22-24-27(25)23-20-18-16-14-12-10-8-6-4-2;1-4-5-6-7-8-9-10-11-12-16-19-23(2,3)20-21-24-22-17-14-13-15-18-22;1-5-6-7-8-9-10-11-12-13-14-18(23)20-15-16-21-19(24)17-22(2,3)4/h3-24H2,1-2H3;13-15,17-18H,4-12,16,19-21H2,1-3H3;5-17H2,1-4H3,(H-,20,21,23,24)/q;+1;/p+2. The number of hydrogen-bond acceptors (Lipinski definition) is 4. The monoisotopic (exact) mass is 1060 g/mol. The van der Waals surface area contributed by atoms with Crippen molar-refractivity contribution in [1.29, 1.82) is 0 Å². The van der Waals surface area contributed by atoms with Crippen LogP contribution in [0.3, 0.4) is 0 Å². The lowest BCUT2D eigenvalue weighted by molar-refractivity contribution is -0.890. The topological polar surface area (TPSA) is 82.5 Å². The van der Waals surface area contributed by atoms with Crippen LogP contribution in [0.1, 0.15) is 278 Å². The van der Waals surface area contributed by atoms with Crippen molar-refractivity contribution in [1.82, 2.24) is 16.0 Å². The molecular weight excluding hydrogens is 925 g/mol. The minimum Gasteiger partial charge on any atom is -0.488 e. The lowest BCUT2D eigenvalue weighted by atomic mass is 10.1. The minimum atomic E-state index is 0.0238. The van der Waals surface area contributed by atoms with Crippen LogP contribution in [0, 0.1) is 0 Å². The zero-order valence-electron chi connectivity index (χ0n) is 51.9. The van der Waals surface area contributed by atoms with Crippen LogP contribution in [0.2, 0.25) is 0 Å². The summed E-state index contributed by atoms with van der Waals surface area (Å²) < 4.78 is 10.1. The van der Waals surface area contributed by atoms with Crippen molar-refractivity contribution < 1.29 is 27.9 Å². The van der Waals surface area contributed by atoms with Crippen LogP contribution in [0.15, 0.2) is 30.3 Å². The SMILES string of the molecule is CCCCCCCCCCCC(=O)NCCNC(=O)C[N+](C)(C)C.CCCCCCCCCCCC1=[N+](CCCCCCCCCCC)CCN1.CCCCCCCCCCCC[N+](C)(C)CCOc1ccccc1. The highest BCUT2D eigenvalue weighted by Gasteiger charge is 2.20. The summed E-state index contributed by atoms with van der Waals surface area (Å²) in [6.45, 7) is 17.4. The molecule has 0 bridgehead atoms. The molecule has 0 saturated carbocycles. The quantitative estimate of drug-likeness (QED) is 0.0345. The normalized spacial score (nSPS) is 12.4. The van der Waals surface area contributed by atoms with E-state index in [1.807, 2.05) is 51.5 Å². The molecule has 1 aliphatic heterocycles. The number of rotatable bonds is 50. The predicted molar refractivity (Wildman–Crippen MR) is 328 cm³/mol. The molecule has 440 valence electrons. The van der Waals surface area contributed by atoms with Gasteiger partial charge in [-0.25, -0.2) is 0 Å². The van der Waals surface area contributed by atoms with Gasteiger partial charge >= 0.3 is 0 Å². The van der Waals surface area contributed by atoms with E-state index < -0.39 is 0 Å². The molecule has 0 aromatic heterocycles. The lowest BCUT2D eigenvalue weighted by Gasteiger charge is -2.29. The number of amidine groups is 1. The number of ether oxygens (including phenoxy) is 1. The molecule has 2 amide bonds. The number of nitrogens with zero attached hydrogens (tertiary/aromatic N) is 3. The second-order valence-electron chi connectivity index (χ2n) is 24.2. The van der Waals surface area contributed by atoms with Gasteiger partial charge in [-0.3, -0.25) is 19.5 Å². The van der Waals surface area contributed by atoms with Gasteiger partial charge in [-0.15, -0.1) is 0 Å². The number of benzene rings is 1. The molecule has 1 aromatic rings. The Kier molecular flexibility index (Phi) is 51.5. The molecule has 9 nitrogen and oxygen atoms in total. The molecule has 0 spiro atoms. The summed E-state index contributed by atoms with van der Waals surface area (Å²) in [6, 6.07) is 10.1. The summed E-state index contributed by atoms with van der Waals surface area (Å²) in [6.07, 6.45) is 53.1. The summed E-state index contributed by atoms with van der Waals surface area (Å²) in [4.78, 5) is 23.3. The van der Waals surface area contributed by atoms with E-state index in [1.54, 1.807) is 5.84 Å². The van der Waals surface area contributed by atoms with Gasteiger partial charge in [0.15, 0.2) is 6.54 Å². The molecule has 0 aliphatic carbocycles. The highest BCUT2D eigenvalue weighted by molar-refractivity contribution is 5.78. The van der Waals surface area contributed by atoms with Crippen LogP contribution in [0.4, 0.5) is 0 Å². The Hall–Kier alpha value is -2.65. The molecule has 2 rings (SSSR count). The average Bonchev–Trinajstić information content (AvgIpc) is 3.83. The zero-order valence-corrected chi connectivity index (χ0v) is 51.9. The van der Waals surface area contributed by atoms with Crippen LogP contribution < -0.4 is 20.7 Å². The molecule has 1 aromatic carbocycles. The van der Waals surface area contributed by atoms with Gasteiger partial charge in [0.05, 0.1) is 48.3 Å². The summed E-state index contributed by atoms with van der Waals surface area (Å²) in [5.41, 5.74) is 0. The molecule has 75 heavy (non-hydrogen) atoms.